The molecule has 0 heterocycles. The van der Waals surface area contributed by atoms with Gasteiger partial charge in [-0.25, -0.2) is 0 Å². The van der Waals surface area contributed by atoms with E-state index in [4.69, 9.17) is 10.5 Å². The fourth-order valence-corrected chi connectivity index (χ4v) is 2.27. The smallest absolute Gasteiger partial charge is 0.226 e. The summed E-state index contributed by atoms with van der Waals surface area (Å²) >= 11 is 0. The van der Waals surface area contributed by atoms with Crippen LogP contribution in [0.1, 0.15) is 11.1 Å². The third-order valence-corrected chi connectivity index (χ3v) is 3.67. The zero-order valence-electron chi connectivity index (χ0n) is 13.1. The number of ether oxygens (including phenoxy) is 1. The largest absolute Gasteiger partial charge is 0.496 e. The van der Waals surface area contributed by atoms with Gasteiger partial charge in [-0.3, -0.25) is 4.79 Å². The van der Waals surface area contributed by atoms with Crippen molar-refractivity contribution in [3.05, 3.63) is 59.7 Å². The number of hydrogen-bond donors (Lipinski definition) is 1. The lowest BCUT2D eigenvalue weighted by Crippen LogP contribution is -2.30. The molecule has 2 aromatic carbocycles. The number of hydrogen-bond acceptors (Lipinski definition) is 3. The lowest BCUT2D eigenvalue weighted by atomic mass is 10.1. The van der Waals surface area contributed by atoms with Gasteiger partial charge in [0.2, 0.25) is 5.91 Å². The number of benzene rings is 2. The Kier molecular flexibility index (Phi) is 5.42. The number of para-hydroxylation sites is 1. The molecule has 0 fully saturated rings. The first-order chi connectivity index (χ1) is 10.6. The van der Waals surface area contributed by atoms with Crippen molar-refractivity contribution in [3.8, 4) is 5.75 Å². The summed E-state index contributed by atoms with van der Waals surface area (Å²) in [6, 6.07) is 15.3. The molecule has 116 valence electrons. The second-order valence-electron chi connectivity index (χ2n) is 5.30. The molecular formula is C18H22N2O2. The van der Waals surface area contributed by atoms with Crippen LogP contribution in [0.15, 0.2) is 48.5 Å². The van der Waals surface area contributed by atoms with Gasteiger partial charge in [-0.2, -0.15) is 0 Å². The van der Waals surface area contributed by atoms with Crippen LogP contribution in [-0.2, 0) is 17.6 Å². The zero-order valence-corrected chi connectivity index (χ0v) is 13.1. The summed E-state index contributed by atoms with van der Waals surface area (Å²) in [4.78, 5) is 14.0. The Morgan fingerprint density at radius 3 is 2.50 bits per heavy atom. The van der Waals surface area contributed by atoms with Crippen LogP contribution < -0.4 is 10.5 Å². The highest BCUT2D eigenvalue weighted by Crippen LogP contribution is 2.18. The number of rotatable bonds is 6. The molecule has 1 amide bonds. The van der Waals surface area contributed by atoms with Crippen LogP contribution in [-0.4, -0.2) is 31.5 Å². The number of methoxy groups -OCH3 is 1. The van der Waals surface area contributed by atoms with E-state index in [-0.39, 0.29) is 5.91 Å². The maximum atomic E-state index is 12.2. The molecule has 0 spiro atoms. The van der Waals surface area contributed by atoms with Crippen molar-refractivity contribution in [2.24, 2.45) is 0 Å². The summed E-state index contributed by atoms with van der Waals surface area (Å²) in [6.45, 7) is 0.661. The van der Waals surface area contributed by atoms with Crippen molar-refractivity contribution < 1.29 is 9.53 Å². The third-order valence-electron chi connectivity index (χ3n) is 3.67. The minimum atomic E-state index is 0.0969. The lowest BCUT2D eigenvalue weighted by molar-refractivity contribution is -0.129. The van der Waals surface area contributed by atoms with Gasteiger partial charge in [0.05, 0.1) is 13.5 Å². The summed E-state index contributed by atoms with van der Waals surface area (Å²) in [7, 11) is 3.49. The van der Waals surface area contributed by atoms with Gasteiger partial charge in [0.15, 0.2) is 0 Å². The van der Waals surface area contributed by atoms with Crippen molar-refractivity contribution in [3.63, 3.8) is 0 Å². The molecule has 0 aliphatic carbocycles. The Balaban J connectivity index is 1.90. The number of nitrogens with two attached hydrogens (primary N) is 1. The number of nitrogens with zero attached hydrogens (tertiary/aromatic N) is 1. The van der Waals surface area contributed by atoms with Crippen LogP contribution in [0.3, 0.4) is 0 Å². The average molecular weight is 298 g/mol. The number of likely N-dealkylation sites (N-methyl/N-ethyl adjacent to an activating group) is 1. The molecule has 0 unspecified atom stereocenters. The van der Waals surface area contributed by atoms with Crippen molar-refractivity contribution in [1.82, 2.24) is 4.90 Å². The molecule has 0 saturated carbocycles. The molecule has 0 bridgehead atoms. The zero-order chi connectivity index (χ0) is 15.9. The minimum absolute atomic E-state index is 0.0969. The van der Waals surface area contributed by atoms with Gasteiger partial charge in [0, 0.05) is 19.3 Å². The van der Waals surface area contributed by atoms with Crippen LogP contribution in [0.4, 0.5) is 5.69 Å². The second-order valence-corrected chi connectivity index (χ2v) is 5.30. The predicted molar refractivity (Wildman–Crippen MR) is 88.9 cm³/mol. The normalized spacial score (nSPS) is 10.3. The summed E-state index contributed by atoms with van der Waals surface area (Å²) in [5, 5.41) is 0. The Bertz CT molecular complexity index is 623. The van der Waals surface area contributed by atoms with Crippen LogP contribution >= 0.6 is 0 Å². The van der Waals surface area contributed by atoms with Crippen molar-refractivity contribution in [1.29, 1.82) is 0 Å². The molecule has 2 rings (SSSR count). The number of carbonyl (C=O) groups excluding carboxylic acids is 1. The Hall–Kier alpha value is -2.49. The Morgan fingerprint density at radius 1 is 1.14 bits per heavy atom. The van der Waals surface area contributed by atoms with Crippen LogP contribution in [0.5, 0.6) is 5.75 Å². The van der Waals surface area contributed by atoms with E-state index in [0.29, 0.717) is 18.7 Å². The summed E-state index contributed by atoms with van der Waals surface area (Å²) in [5.41, 5.74) is 8.44. The maximum Gasteiger partial charge on any atom is 0.226 e. The summed E-state index contributed by atoms with van der Waals surface area (Å²) in [5.74, 6) is 0.960. The molecule has 4 nitrogen and oxygen atoms in total. The van der Waals surface area contributed by atoms with Gasteiger partial charge in [0.25, 0.3) is 0 Å². The molecule has 0 atom stereocenters. The molecule has 2 aromatic rings. The predicted octanol–water partition coefficient (Wildman–Crippen LogP) is 2.52. The van der Waals surface area contributed by atoms with Crippen molar-refractivity contribution in [2.75, 3.05) is 26.4 Å². The SMILES string of the molecule is COc1ccccc1CCN(C)C(=O)Cc1ccc(N)cc1. The monoisotopic (exact) mass is 298 g/mol. The molecule has 0 aliphatic heterocycles. The first kappa shape index (κ1) is 15.9. The number of anilines is 1. The molecule has 0 aliphatic rings. The third kappa shape index (κ3) is 4.25. The topological polar surface area (TPSA) is 55.6 Å². The molecule has 2 N–H and O–H groups in total. The van der Waals surface area contributed by atoms with E-state index in [0.717, 1.165) is 23.3 Å². The van der Waals surface area contributed by atoms with Gasteiger partial charge in [0.1, 0.15) is 5.75 Å². The van der Waals surface area contributed by atoms with Crippen molar-refractivity contribution in [2.45, 2.75) is 12.8 Å². The fourth-order valence-electron chi connectivity index (χ4n) is 2.27. The van der Waals surface area contributed by atoms with E-state index in [1.807, 2.05) is 55.6 Å². The van der Waals surface area contributed by atoms with E-state index in [2.05, 4.69) is 0 Å². The maximum absolute atomic E-state index is 12.2. The standard InChI is InChI=1S/C18H22N2O2/c1-20(12-11-15-5-3-4-6-17(15)22-2)18(21)13-14-7-9-16(19)10-8-14/h3-10H,11-13,19H2,1-2H3. The average Bonchev–Trinajstić information content (AvgIpc) is 2.54. The first-order valence-electron chi connectivity index (χ1n) is 7.30. The second kappa shape index (κ2) is 7.50. The first-order valence-corrected chi connectivity index (χ1v) is 7.30. The molecule has 22 heavy (non-hydrogen) atoms. The van der Waals surface area contributed by atoms with Crippen LogP contribution in [0, 0.1) is 0 Å². The number of amides is 1. The molecule has 0 radical (unpaired) electrons. The van der Waals surface area contributed by atoms with Gasteiger partial charge in [-0.1, -0.05) is 30.3 Å². The van der Waals surface area contributed by atoms with Gasteiger partial charge in [-0.05, 0) is 35.7 Å². The van der Waals surface area contributed by atoms with Crippen LogP contribution in [0.2, 0.25) is 0 Å². The summed E-state index contributed by atoms with van der Waals surface area (Å²) in [6.07, 6.45) is 1.16. The highest BCUT2D eigenvalue weighted by atomic mass is 16.5. The lowest BCUT2D eigenvalue weighted by Gasteiger charge is -2.18. The van der Waals surface area contributed by atoms with E-state index in [1.54, 1.807) is 12.0 Å². The molecular weight excluding hydrogens is 276 g/mol. The van der Waals surface area contributed by atoms with E-state index < -0.39 is 0 Å². The van der Waals surface area contributed by atoms with Gasteiger partial charge in [-0.15, -0.1) is 0 Å². The highest BCUT2D eigenvalue weighted by molar-refractivity contribution is 5.78. The van der Waals surface area contributed by atoms with Crippen LogP contribution in [0.25, 0.3) is 0 Å². The van der Waals surface area contributed by atoms with Gasteiger partial charge >= 0.3 is 0 Å². The highest BCUT2D eigenvalue weighted by Gasteiger charge is 2.11. The quantitative estimate of drug-likeness (QED) is 0.834. The molecule has 0 aromatic heterocycles. The van der Waals surface area contributed by atoms with Gasteiger partial charge < -0.3 is 15.4 Å². The van der Waals surface area contributed by atoms with E-state index >= 15 is 0 Å². The van der Waals surface area contributed by atoms with E-state index in [9.17, 15) is 4.79 Å². The molecule has 0 saturated heterocycles. The summed E-state index contributed by atoms with van der Waals surface area (Å²) < 4.78 is 5.33. The van der Waals surface area contributed by atoms with Crippen molar-refractivity contribution >= 4 is 11.6 Å². The Morgan fingerprint density at radius 2 is 1.82 bits per heavy atom. The molecule has 4 heteroatoms. The minimum Gasteiger partial charge on any atom is -0.496 e. The van der Waals surface area contributed by atoms with E-state index in [1.165, 1.54) is 0 Å². The number of nitrogen functional groups attached to an aromatic ring is 1. The fraction of sp³-hybridized carbons (Fsp3) is 0.278. The number of carbonyl (C=O) groups is 1. The Labute approximate surface area is 131 Å².